The lowest BCUT2D eigenvalue weighted by molar-refractivity contribution is -0.138. The fraction of sp³-hybridized carbons (Fsp3) is 0.280. The molecule has 0 saturated carbocycles. The molecular formula is C25H23F3N4O3S. The van der Waals surface area contributed by atoms with Crippen LogP contribution in [0.3, 0.4) is 0 Å². The molecule has 0 aliphatic carbocycles. The minimum absolute atomic E-state index is 0.0221. The zero-order valence-electron chi connectivity index (χ0n) is 19.0. The number of amides is 3. The Hall–Kier alpha value is -3.73. The number of rotatable bonds is 5. The molecule has 0 unspecified atom stereocenters. The van der Waals surface area contributed by atoms with Crippen molar-refractivity contribution < 1.29 is 27.6 Å². The van der Waals surface area contributed by atoms with Gasteiger partial charge in [-0.1, -0.05) is 42.5 Å². The number of carbonyl (C=O) groups is 3. The number of nitrogens with zero attached hydrogens (tertiary/aromatic N) is 2. The SMILES string of the molecule is O=C(Cc1ccccc1)NNC(=O)c1csc(C2CCN(C(=O)c3ccccc3C(F)(F)F)CC2)n1. The summed E-state index contributed by atoms with van der Waals surface area (Å²) >= 11 is 1.30. The predicted molar refractivity (Wildman–Crippen MR) is 127 cm³/mol. The number of benzene rings is 2. The summed E-state index contributed by atoms with van der Waals surface area (Å²) in [7, 11) is 0. The maximum absolute atomic E-state index is 13.3. The molecule has 1 aliphatic heterocycles. The second kappa shape index (κ2) is 10.9. The standard InChI is InChI=1S/C25H23F3N4O3S/c26-25(27,28)19-9-5-4-8-18(19)24(35)32-12-10-17(11-13-32)23-29-20(15-36-23)22(34)31-30-21(33)14-16-6-2-1-3-7-16/h1-9,15,17H,10-14H2,(H,30,33)(H,31,34). The highest BCUT2D eigenvalue weighted by Gasteiger charge is 2.36. The Morgan fingerprint density at radius 2 is 1.64 bits per heavy atom. The van der Waals surface area contributed by atoms with Gasteiger partial charge in [-0.25, -0.2) is 4.98 Å². The van der Waals surface area contributed by atoms with E-state index in [9.17, 15) is 27.6 Å². The first-order valence-electron chi connectivity index (χ1n) is 11.3. The molecule has 1 aliphatic rings. The van der Waals surface area contributed by atoms with Crippen molar-refractivity contribution in [2.24, 2.45) is 0 Å². The van der Waals surface area contributed by atoms with E-state index >= 15 is 0 Å². The van der Waals surface area contributed by atoms with Crippen LogP contribution in [-0.4, -0.2) is 40.7 Å². The number of carbonyl (C=O) groups excluding carboxylic acids is 3. The molecule has 1 saturated heterocycles. The molecule has 1 fully saturated rings. The molecule has 1 aromatic heterocycles. The summed E-state index contributed by atoms with van der Waals surface area (Å²) in [5.41, 5.74) is 4.40. The average Bonchev–Trinajstić information content (AvgIpc) is 3.38. The Morgan fingerprint density at radius 3 is 2.33 bits per heavy atom. The van der Waals surface area contributed by atoms with Crippen molar-refractivity contribution in [2.75, 3.05) is 13.1 Å². The zero-order valence-corrected chi connectivity index (χ0v) is 19.9. The van der Waals surface area contributed by atoms with Gasteiger partial charge < -0.3 is 4.90 Å². The van der Waals surface area contributed by atoms with E-state index in [1.165, 1.54) is 34.4 Å². The second-order valence-electron chi connectivity index (χ2n) is 8.35. The third-order valence-electron chi connectivity index (χ3n) is 5.87. The Balaban J connectivity index is 1.30. The van der Waals surface area contributed by atoms with Gasteiger partial charge in [-0.2, -0.15) is 13.2 Å². The first-order valence-corrected chi connectivity index (χ1v) is 12.1. The number of aromatic nitrogens is 1. The van der Waals surface area contributed by atoms with Crippen LogP contribution in [0.15, 0.2) is 60.0 Å². The molecule has 36 heavy (non-hydrogen) atoms. The van der Waals surface area contributed by atoms with Crippen molar-refractivity contribution in [3.05, 3.63) is 87.4 Å². The molecule has 3 aromatic rings. The quantitative estimate of drug-likeness (QED) is 0.498. The van der Waals surface area contributed by atoms with Crippen LogP contribution in [0.2, 0.25) is 0 Å². The molecule has 2 aromatic carbocycles. The van der Waals surface area contributed by atoms with Crippen molar-refractivity contribution >= 4 is 29.1 Å². The van der Waals surface area contributed by atoms with Gasteiger partial charge in [-0.05, 0) is 30.5 Å². The van der Waals surface area contributed by atoms with Gasteiger partial charge in [-0.15, -0.1) is 11.3 Å². The van der Waals surface area contributed by atoms with E-state index in [4.69, 9.17) is 0 Å². The van der Waals surface area contributed by atoms with Gasteiger partial charge in [0, 0.05) is 24.4 Å². The minimum atomic E-state index is -4.61. The lowest BCUT2D eigenvalue weighted by Crippen LogP contribution is -2.42. The highest BCUT2D eigenvalue weighted by atomic mass is 32.1. The molecule has 7 nitrogen and oxygen atoms in total. The number of thiazole rings is 1. The molecule has 0 radical (unpaired) electrons. The molecular weight excluding hydrogens is 493 g/mol. The topological polar surface area (TPSA) is 91.4 Å². The van der Waals surface area contributed by atoms with E-state index in [0.29, 0.717) is 17.8 Å². The van der Waals surface area contributed by atoms with Crippen LogP contribution in [0.1, 0.15) is 55.7 Å². The lowest BCUT2D eigenvalue weighted by atomic mass is 9.96. The highest BCUT2D eigenvalue weighted by Crippen LogP contribution is 2.34. The van der Waals surface area contributed by atoms with Gasteiger partial charge in [0.15, 0.2) is 0 Å². The van der Waals surface area contributed by atoms with E-state index in [1.807, 2.05) is 30.3 Å². The fourth-order valence-corrected chi connectivity index (χ4v) is 4.98. The second-order valence-corrected chi connectivity index (χ2v) is 9.24. The molecule has 0 spiro atoms. The fourth-order valence-electron chi connectivity index (χ4n) is 4.01. The number of nitrogens with one attached hydrogen (secondary N) is 2. The van der Waals surface area contributed by atoms with Crippen molar-refractivity contribution in [3.8, 4) is 0 Å². The maximum atomic E-state index is 13.3. The Kier molecular flexibility index (Phi) is 7.68. The molecule has 2 heterocycles. The van der Waals surface area contributed by atoms with Crippen molar-refractivity contribution in [3.63, 3.8) is 0 Å². The first kappa shape index (κ1) is 25.4. The van der Waals surface area contributed by atoms with E-state index in [0.717, 1.165) is 11.6 Å². The normalized spacial score (nSPS) is 14.4. The molecule has 0 atom stereocenters. The maximum Gasteiger partial charge on any atom is 0.417 e. The lowest BCUT2D eigenvalue weighted by Gasteiger charge is -2.31. The van der Waals surface area contributed by atoms with Crippen LogP contribution in [0.4, 0.5) is 13.2 Å². The van der Waals surface area contributed by atoms with Crippen molar-refractivity contribution in [1.82, 2.24) is 20.7 Å². The third-order valence-corrected chi connectivity index (χ3v) is 6.88. The summed E-state index contributed by atoms with van der Waals surface area (Å²) in [6.07, 6.45) is -3.46. The Labute approximate surface area is 209 Å². The Morgan fingerprint density at radius 1 is 0.972 bits per heavy atom. The number of alkyl halides is 3. The number of halogens is 3. The van der Waals surface area contributed by atoms with Crippen LogP contribution < -0.4 is 10.9 Å². The molecule has 3 amide bonds. The summed E-state index contributed by atoms with van der Waals surface area (Å²) in [6.45, 7) is 0.568. The van der Waals surface area contributed by atoms with Crippen LogP contribution >= 0.6 is 11.3 Å². The van der Waals surface area contributed by atoms with Gasteiger partial charge >= 0.3 is 6.18 Å². The van der Waals surface area contributed by atoms with E-state index in [-0.39, 0.29) is 42.6 Å². The van der Waals surface area contributed by atoms with Gasteiger partial charge in [0.2, 0.25) is 5.91 Å². The van der Waals surface area contributed by atoms with E-state index < -0.39 is 23.6 Å². The monoisotopic (exact) mass is 516 g/mol. The van der Waals surface area contributed by atoms with Gasteiger partial charge in [0.1, 0.15) is 5.69 Å². The van der Waals surface area contributed by atoms with Gasteiger partial charge in [0.05, 0.1) is 22.6 Å². The summed E-state index contributed by atoms with van der Waals surface area (Å²) in [5, 5.41) is 2.30. The Bertz CT molecular complexity index is 1240. The van der Waals surface area contributed by atoms with Crippen LogP contribution in [0.5, 0.6) is 0 Å². The number of hydrogen-bond acceptors (Lipinski definition) is 5. The first-order chi connectivity index (χ1) is 17.2. The zero-order chi connectivity index (χ0) is 25.7. The summed E-state index contributed by atoms with van der Waals surface area (Å²) in [6, 6.07) is 13.9. The van der Waals surface area contributed by atoms with Gasteiger partial charge in [-0.3, -0.25) is 25.2 Å². The molecule has 2 N–H and O–H groups in total. The summed E-state index contributed by atoms with van der Waals surface area (Å²) in [4.78, 5) is 43.0. The van der Waals surface area contributed by atoms with Crippen molar-refractivity contribution in [2.45, 2.75) is 31.4 Å². The third kappa shape index (κ3) is 6.09. The molecule has 188 valence electrons. The molecule has 4 rings (SSSR count). The van der Waals surface area contributed by atoms with Gasteiger partial charge in [0.25, 0.3) is 11.8 Å². The van der Waals surface area contributed by atoms with Crippen LogP contribution in [-0.2, 0) is 17.4 Å². The smallest absolute Gasteiger partial charge is 0.339 e. The highest BCUT2D eigenvalue weighted by molar-refractivity contribution is 7.09. The van der Waals surface area contributed by atoms with Crippen molar-refractivity contribution in [1.29, 1.82) is 0 Å². The summed E-state index contributed by atoms with van der Waals surface area (Å²) < 4.78 is 39.9. The van der Waals surface area contributed by atoms with E-state index in [1.54, 1.807) is 5.38 Å². The van der Waals surface area contributed by atoms with Crippen LogP contribution in [0.25, 0.3) is 0 Å². The van der Waals surface area contributed by atoms with Crippen LogP contribution in [0, 0.1) is 0 Å². The predicted octanol–water partition coefficient (Wildman–Crippen LogP) is 4.19. The number of piperidine rings is 1. The number of hydrogen-bond donors (Lipinski definition) is 2. The van der Waals surface area contributed by atoms with E-state index in [2.05, 4.69) is 15.8 Å². The minimum Gasteiger partial charge on any atom is -0.339 e. The summed E-state index contributed by atoms with van der Waals surface area (Å²) in [5.74, 6) is -1.58. The average molecular weight is 517 g/mol. The number of hydrazine groups is 1. The molecule has 0 bridgehead atoms. The largest absolute Gasteiger partial charge is 0.417 e. The number of likely N-dealkylation sites (tertiary alicyclic amines) is 1. The molecule has 11 heteroatoms.